The summed E-state index contributed by atoms with van der Waals surface area (Å²) in [7, 11) is 0. The molecule has 6 heteroatoms. The van der Waals surface area contributed by atoms with Crippen molar-refractivity contribution < 1.29 is 4.79 Å². The molecule has 3 aromatic rings. The number of nitrogens with one attached hydrogen (secondary N) is 1. The van der Waals surface area contributed by atoms with Crippen molar-refractivity contribution in [2.75, 3.05) is 13.1 Å². The molecule has 0 spiro atoms. The summed E-state index contributed by atoms with van der Waals surface area (Å²) >= 11 is 0. The Morgan fingerprint density at radius 3 is 2.57 bits per heavy atom. The summed E-state index contributed by atoms with van der Waals surface area (Å²) in [5, 5.41) is 2.99. The molecular formula is C24H28N4O2. The topological polar surface area (TPSA) is 67.2 Å². The number of nitrogens with zero attached hydrogens (tertiary/aromatic N) is 3. The summed E-state index contributed by atoms with van der Waals surface area (Å²) in [5.41, 5.74) is 3.46. The Kier molecular flexibility index (Phi) is 6.23. The molecule has 4 rings (SSSR count). The van der Waals surface area contributed by atoms with Crippen LogP contribution in [-0.2, 0) is 24.4 Å². The van der Waals surface area contributed by atoms with Crippen molar-refractivity contribution >= 4 is 16.9 Å². The highest BCUT2D eigenvalue weighted by molar-refractivity contribution is 5.79. The average Bonchev–Trinajstić information content (AvgIpc) is 2.77. The van der Waals surface area contributed by atoms with Crippen molar-refractivity contribution in [1.29, 1.82) is 0 Å². The highest BCUT2D eigenvalue weighted by Crippen LogP contribution is 2.19. The highest BCUT2D eigenvalue weighted by atomic mass is 16.2. The molecule has 1 aliphatic rings. The van der Waals surface area contributed by atoms with Gasteiger partial charge in [0.1, 0.15) is 6.54 Å². The summed E-state index contributed by atoms with van der Waals surface area (Å²) in [6, 6.07) is 15.6. The molecule has 2 heterocycles. The number of amides is 1. The average molecular weight is 405 g/mol. The smallest absolute Gasteiger partial charge is 0.269 e. The molecule has 1 aliphatic heterocycles. The number of benzene rings is 2. The molecule has 0 unspecified atom stereocenters. The zero-order chi connectivity index (χ0) is 20.9. The monoisotopic (exact) mass is 404 g/mol. The molecule has 2 aromatic carbocycles. The van der Waals surface area contributed by atoms with E-state index in [1.54, 1.807) is 0 Å². The molecule has 1 aromatic heterocycles. The van der Waals surface area contributed by atoms with Gasteiger partial charge in [-0.3, -0.25) is 19.1 Å². The van der Waals surface area contributed by atoms with Gasteiger partial charge in [-0.25, -0.2) is 4.98 Å². The molecule has 30 heavy (non-hydrogen) atoms. The van der Waals surface area contributed by atoms with E-state index in [0.717, 1.165) is 31.1 Å². The lowest BCUT2D eigenvalue weighted by atomic mass is 9.98. The quantitative estimate of drug-likeness (QED) is 0.686. The number of aromatic nitrogens is 2. The third-order valence-electron chi connectivity index (χ3n) is 5.92. The predicted octanol–water partition coefficient (Wildman–Crippen LogP) is 2.94. The second kappa shape index (κ2) is 9.22. The maximum Gasteiger partial charge on any atom is 0.269 e. The van der Waals surface area contributed by atoms with Gasteiger partial charge in [0.05, 0.1) is 17.2 Å². The van der Waals surface area contributed by atoms with Crippen LogP contribution in [-0.4, -0.2) is 33.4 Å². The van der Waals surface area contributed by atoms with E-state index >= 15 is 0 Å². The number of likely N-dealkylation sites (tertiary alicyclic amines) is 1. The minimum absolute atomic E-state index is 0.0198. The summed E-state index contributed by atoms with van der Waals surface area (Å²) in [4.78, 5) is 31.5. The van der Waals surface area contributed by atoms with Crippen LogP contribution in [0.4, 0.5) is 0 Å². The van der Waals surface area contributed by atoms with E-state index in [9.17, 15) is 9.59 Å². The zero-order valence-electron chi connectivity index (χ0n) is 17.4. The minimum Gasteiger partial charge on any atom is -0.350 e. The molecule has 1 saturated heterocycles. The van der Waals surface area contributed by atoms with E-state index < -0.39 is 0 Å². The number of fused-ring (bicyclic) bond motifs is 1. The number of piperidine rings is 1. The molecule has 0 saturated carbocycles. The molecule has 1 fully saturated rings. The number of hydrogen-bond acceptors (Lipinski definition) is 4. The molecule has 6 nitrogen and oxygen atoms in total. The molecule has 1 N–H and O–H groups in total. The summed E-state index contributed by atoms with van der Waals surface area (Å²) in [5.74, 6) is 0.624. The highest BCUT2D eigenvalue weighted by Gasteiger charge is 2.17. The number of carbonyl (C=O) groups excluding carboxylic acids is 1. The summed E-state index contributed by atoms with van der Waals surface area (Å²) in [6.07, 6.45) is 3.76. The lowest BCUT2D eigenvalue weighted by molar-refractivity contribution is -0.121. The largest absolute Gasteiger partial charge is 0.350 e. The Bertz CT molecular complexity index is 1080. The van der Waals surface area contributed by atoms with Crippen molar-refractivity contribution in [2.24, 2.45) is 5.92 Å². The van der Waals surface area contributed by atoms with Gasteiger partial charge in [0.2, 0.25) is 5.91 Å². The number of hydrogen-bond donors (Lipinski definition) is 1. The fourth-order valence-electron chi connectivity index (χ4n) is 4.02. The molecular weight excluding hydrogens is 376 g/mol. The fourth-order valence-corrected chi connectivity index (χ4v) is 4.02. The van der Waals surface area contributed by atoms with Crippen molar-refractivity contribution in [1.82, 2.24) is 19.8 Å². The van der Waals surface area contributed by atoms with Crippen molar-refractivity contribution in [2.45, 2.75) is 39.4 Å². The van der Waals surface area contributed by atoms with Gasteiger partial charge in [0.15, 0.2) is 0 Å². The van der Waals surface area contributed by atoms with Crippen LogP contribution in [0.2, 0.25) is 0 Å². The van der Waals surface area contributed by atoms with E-state index in [-0.39, 0.29) is 18.0 Å². The van der Waals surface area contributed by atoms with Gasteiger partial charge < -0.3 is 5.32 Å². The molecule has 156 valence electrons. The maximum atomic E-state index is 12.6. The zero-order valence-corrected chi connectivity index (χ0v) is 17.4. The first-order valence-electron chi connectivity index (χ1n) is 10.6. The van der Waals surface area contributed by atoms with Crippen LogP contribution in [0.3, 0.4) is 0 Å². The molecule has 0 bridgehead atoms. The predicted molar refractivity (Wildman–Crippen MR) is 118 cm³/mol. The van der Waals surface area contributed by atoms with Crippen LogP contribution in [0.25, 0.3) is 11.0 Å². The van der Waals surface area contributed by atoms with Crippen LogP contribution in [0.1, 0.15) is 30.9 Å². The Morgan fingerprint density at radius 1 is 1.07 bits per heavy atom. The fraction of sp³-hybridized carbons (Fsp3) is 0.375. The van der Waals surface area contributed by atoms with Gasteiger partial charge in [-0.15, -0.1) is 0 Å². The van der Waals surface area contributed by atoms with Gasteiger partial charge in [0, 0.05) is 13.1 Å². The van der Waals surface area contributed by atoms with E-state index in [2.05, 4.69) is 40.3 Å². The Balaban J connectivity index is 1.41. The second-order valence-electron chi connectivity index (χ2n) is 8.18. The van der Waals surface area contributed by atoms with Crippen LogP contribution < -0.4 is 10.9 Å². The summed E-state index contributed by atoms with van der Waals surface area (Å²) < 4.78 is 1.47. The van der Waals surface area contributed by atoms with Crippen LogP contribution >= 0.6 is 0 Å². The maximum absolute atomic E-state index is 12.6. The van der Waals surface area contributed by atoms with Gasteiger partial charge in [-0.1, -0.05) is 43.3 Å². The van der Waals surface area contributed by atoms with Gasteiger partial charge >= 0.3 is 0 Å². The lowest BCUT2D eigenvalue weighted by Crippen LogP contribution is -2.34. The van der Waals surface area contributed by atoms with Gasteiger partial charge in [-0.05, 0) is 55.1 Å². The van der Waals surface area contributed by atoms with Crippen LogP contribution in [0.15, 0.2) is 59.5 Å². The summed E-state index contributed by atoms with van der Waals surface area (Å²) in [6.45, 7) is 5.91. The molecule has 0 radical (unpaired) electrons. The SMILES string of the molecule is CC1CCN(Cc2ccccc2CNC(=O)Cn2c(=O)cnc3ccccc32)CC1. The van der Waals surface area contributed by atoms with E-state index in [0.29, 0.717) is 17.6 Å². The van der Waals surface area contributed by atoms with Crippen molar-refractivity contribution in [3.05, 3.63) is 76.2 Å². The first-order valence-corrected chi connectivity index (χ1v) is 10.6. The molecule has 0 aliphatic carbocycles. The van der Waals surface area contributed by atoms with Gasteiger partial charge in [0.25, 0.3) is 5.56 Å². The Hall–Kier alpha value is -2.99. The Morgan fingerprint density at radius 2 is 1.77 bits per heavy atom. The minimum atomic E-state index is -0.274. The second-order valence-corrected chi connectivity index (χ2v) is 8.18. The van der Waals surface area contributed by atoms with E-state index in [1.165, 1.54) is 29.2 Å². The van der Waals surface area contributed by atoms with Crippen molar-refractivity contribution in [3.63, 3.8) is 0 Å². The van der Waals surface area contributed by atoms with E-state index in [1.807, 2.05) is 30.3 Å². The Labute approximate surface area is 176 Å². The standard InChI is InChI=1S/C24H28N4O2/c1-18-10-12-27(13-11-18)16-20-7-3-2-6-19(20)14-26-23(29)17-28-22-9-5-4-8-21(22)25-15-24(28)30/h2-9,15,18H,10-14,16-17H2,1H3,(H,26,29). The number of rotatable bonds is 6. The van der Waals surface area contributed by atoms with Crippen molar-refractivity contribution in [3.8, 4) is 0 Å². The normalized spacial score (nSPS) is 15.4. The molecule has 0 atom stereocenters. The molecule has 1 amide bonds. The first kappa shape index (κ1) is 20.3. The van der Waals surface area contributed by atoms with Crippen LogP contribution in [0, 0.1) is 5.92 Å². The lowest BCUT2D eigenvalue weighted by Gasteiger charge is -2.30. The van der Waals surface area contributed by atoms with E-state index in [4.69, 9.17) is 0 Å². The first-order chi connectivity index (χ1) is 14.6. The van der Waals surface area contributed by atoms with Gasteiger partial charge in [-0.2, -0.15) is 0 Å². The third kappa shape index (κ3) is 4.76. The third-order valence-corrected chi connectivity index (χ3v) is 5.92. The van der Waals surface area contributed by atoms with Crippen LogP contribution in [0.5, 0.6) is 0 Å². The number of carbonyl (C=O) groups is 1. The number of para-hydroxylation sites is 2.